The summed E-state index contributed by atoms with van der Waals surface area (Å²) in [6, 6.07) is 2.65. The van der Waals surface area contributed by atoms with E-state index in [1.165, 1.54) is 19.2 Å². The Bertz CT molecular complexity index is 352. The Labute approximate surface area is 81.5 Å². The third-order valence-corrected chi connectivity index (χ3v) is 1.93. The van der Waals surface area contributed by atoms with E-state index in [0.717, 1.165) is 0 Å². The standard InChI is InChI=1S/C9H10FNOS/c1-5-3-6(10)4-7(9(11)13)8(5)12-2/h3-4H,1-2H3,(H2,11,13). The molecule has 0 aromatic heterocycles. The minimum absolute atomic E-state index is 0.138. The summed E-state index contributed by atoms with van der Waals surface area (Å²) in [5.74, 6) is 0.176. The van der Waals surface area contributed by atoms with Crippen LogP contribution >= 0.6 is 12.2 Å². The number of halogens is 1. The molecule has 0 amide bonds. The zero-order valence-corrected chi connectivity index (χ0v) is 8.24. The molecule has 0 atom stereocenters. The normalized spacial score (nSPS) is 9.77. The summed E-state index contributed by atoms with van der Waals surface area (Å²) in [6.07, 6.45) is 0. The fraction of sp³-hybridized carbons (Fsp3) is 0.222. The first-order valence-electron chi connectivity index (χ1n) is 3.70. The van der Waals surface area contributed by atoms with Gasteiger partial charge in [-0.3, -0.25) is 0 Å². The number of methoxy groups -OCH3 is 1. The SMILES string of the molecule is COc1c(C)cc(F)cc1C(N)=S. The summed E-state index contributed by atoms with van der Waals surface area (Å²) >= 11 is 4.77. The average Bonchev–Trinajstić information content (AvgIpc) is 2.02. The minimum Gasteiger partial charge on any atom is -0.496 e. The number of thiocarbonyl (C=S) groups is 1. The van der Waals surface area contributed by atoms with Crippen molar-refractivity contribution >= 4 is 17.2 Å². The van der Waals surface area contributed by atoms with Crippen LogP contribution in [0, 0.1) is 12.7 Å². The van der Waals surface area contributed by atoms with Gasteiger partial charge in [-0.15, -0.1) is 0 Å². The molecule has 0 bridgehead atoms. The van der Waals surface area contributed by atoms with Crippen molar-refractivity contribution in [1.29, 1.82) is 0 Å². The lowest BCUT2D eigenvalue weighted by Crippen LogP contribution is -2.12. The zero-order chi connectivity index (χ0) is 10.0. The summed E-state index contributed by atoms with van der Waals surface area (Å²) in [5, 5.41) is 0. The van der Waals surface area contributed by atoms with Crippen molar-refractivity contribution in [3.63, 3.8) is 0 Å². The van der Waals surface area contributed by atoms with Crippen LogP contribution in [0.1, 0.15) is 11.1 Å². The van der Waals surface area contributed by atoms with E-state index in [1.807, 2.05) is 0 Å². The molecule has 0 aliphatic carbocycles. The van der Waals surface area contributed by atoms with Crippen LogP contribution in [0.15, 0.2) is 12.1 Å². The third kappa shape index (κ3) is 1.95. The highest BCUT2D eigenvalue weighted by molar-refractivity contribution is 7.80. The molecule has 0 unspecified atom stereocenters. The molecular weight excluding hydrogens is 189 g/mol. The van der Waals surface area contributed by atoms with Crippen LogP contribution in [0.5, 0.6) is 5.75 Å². The number of benzene rings is 1. The number of aryl methyl sites for hydroxylation is 1. The molecule has 70 valence electrons. The van der Waals surface area contributed by atoms with Crippen molar-refractivity contribution in [2.75, 3.05) is 7.11 Å². The molecule has 0 fully saturated rings. The third-order valence-electron chi connectivity index (χ3n) is 1.71. The van der Waals surface area contributed by atoms with Crippen LogP contribution in [-0.4, -0.2) is 12.1 Å². The molecule has 0 saturated heterocycles. The Morgan fingerprint density at radius 1 is 1.54 bits per heavy atom. The highest BCUT2D eigenvalue weighted by Gasteiger charge is 2.10. The van der Waals surface area contributed by atoms with Crippen molar-refractivity contribution < 1.29 is 9.13 Å². The van der Waals surface area contributed by atoms with Gasteiger partial charge in [0.25, 0.3) is 0 Å². The molecular formula is C9H10FNOS. The second-order valence-electron chi connectivity index (χ2n) is 2.67. The van der Waals surface area contributed by atoms with Crippen molar-refractivity contribution in [2.24, 2.45) is 5.73 Å². The van der Waals surface area contributed by atoms with Gasteiger partial charge in [-0.05, 0) is 24.6 Å². The van der Waals surface area contributed by atoms with Crippen molar-refractivity contribution in [3.8, 4) is 5.75 Å². The molecule has 13 heavy (non-hydrogen) atoms. The molecule has 0 saturated carbocycles. The molecule has 0 aliphatic rings. The van der Waals surface area contributed by atoms with E-state index >= 15 is 0 Å². The van der Waals surface area contributed by atoms with Crippen LogP contribution in [0.3, 0.4) is 0 Å². The van der Waals surface area contributed by atoms with Gasteiger partial charge < -0.3 is 10.5 Å². The molecule has 0 radical (unpaired) electrons. The molecule has 0 spiro atoms. The van der Waals surface area contributed by atoms with Crippen LogP contribution in [0.25, 0.3) is 0 Å². The summed E-state index contributed by atoms with van der Waals surface area (Å²) < 4.78 is 18.0. The fourth-order valence-electron chi connectivity index (χ4n) is 1.18. The number of rotatable bonds is 2. The van der Waals surface area contributed by atoms with Crippen LogP contribution in [0.2, 0.25) is 0 Å². The topological polar surface area (TPSA) is 35.2 Å². The van der Waals surface area contributed by atoms with Gasteiger partial charge >= 0.3 is 0 Å². The zero-order valence-electron chi connectivity index (χ0n) is 7.43. The molecule has 0 heterocycles. The van der Waals surface area contributed by atoms with Crippen LogP contribution < -0.4 is 10.5 Å². The number of nitrogens with two attached hydrogens (primary N) is 1. The average molecular weight is 199 g/mol. The first kappa shape index (κ1) is 9.92. The van der Waals surface area contributed by atoms with Crippen molar-refractivity contribution in [3.05, 3.63) is 29.1 Å². The summed E-state index contributed by atoms with van der Waals surface area (Å²) in [6.45, 7) is 1.74. The second-order valence-corrected chi connectivity index (χ2v) is 3.11. The van der Waals surface area contributed by atoms with E-state index in [4.69, 9.17) is 22.7 Å². The lowest BCUT2D eigenvalue weighted by Gasteiger charge is -2.09. The highest BCUT2D eigenvalue weighted by Crippen LogP contribution is 2.24. The lowest BCUT2D eigenvalue weighted by molar-refractivity contribution is 0.409. The molecule has 4 heteroatoms. The molecule has 2 nitrogen and oxygen atoms in total. The predicted molar refractivity (Wildman–Crippen MR) is 53.6 cm³/mol. The highest BCUT2D eigenvalue weighted by atomic mass is 32.1. The minimum atomic E-state index is -0.360. The first-order valence-corrected chi connectivity index (χ1v) is 4.11. The predicted octanol–water partition coefficient (Wildman–Crippen LogP) is 1.78. The second kappa shape index (κ2) is 3.70. The maximum atomic E-state index is 12.9. The van der Waals surface area contributed by atoms with E-state index in [0.29, 0.717) is 16.9 Å². The number of ether oxygens (including phenoxy) is 1. The van der Waals surface area contributed by atoms with Gasteiger partial charge in [0.1, 0.15) is 16.6 Å². The summed E-state index contributed by atoms with van der Waals surface area (Å²) in [5.41, 5.74) is 6.54. The van der Waals surface area contributed by atoms with E-state index in [9.17, 15) is 4.39 Å². The molecule has 1 aromatic carbocycles. The monoisotopic (exact) mass is 199 g/mol. The Morgan fingerprint density at radius 3 is 2.62 bits per heavy atom. The van der Waals surface area contributed by atoms with Crippen LogP contribution in [0.4, 0.5) is 4.39 Å². The first-order chi connectivity index (χ1) is 6.06. The van der Waals surface area contributed by atoms with E-state index in [2.05, 4.69) is 0 Å². The van der Waals surface area contributed by atoms with E-state index in [1.54, 1.807) is 6.92 Å². The van der Waals surface area contributed by atoms with Gasteiger partial charge in [-0.2, -0.15) is 0 Å². The Balaban J connectivity index is 3.38. The van der Waals surface area contributed by atoms with Crippen LogP contribution in [-0.2, 0) is 0 Å². The largest absolute Gasteiger partial charge is 0.496 e. The lowest BCUT2D eigenvalue weighted by atomic mass is 10.1. The maximum Gasteiger partial charge on any atom is 0.132 e. The Hall–Kier alpha value is -1.16. The quantitative estimate of drug-likeness (QED) is 0.737. The molecule has 0 aliphatic heterocycles. The maximum absolute atomic E-state index is 12.9. The Morgan fingerprint density at radius 2 is 2.15 bits per heavy atom. The molecule has 2 N–H and O–H groups in total. The number of hydrogen-bond donors (Lipinski definition) is 1. The summed E-state index contributed by atoms with van der Waals surface area (Å²) in [7, 11) is 1.50. The Kier molecular flexibility index (Phi) is 2.83. The molecule has 1 aromatic rings. The van der Waals surface area contributed by atoms with Gasteiger partial charge in [0.15, 0.2) is 0 Å². The fourth-order valence-corrected chi connectivity index (χ4v) is 1.34. The molecule has 1 rings (SSSR count). The van der Waals surface area contributed by atoms with Gasteiger partial charge in [0.05, 0.1) is 12.7 Å². The van der Waals surface area contributed by atoms with E-state index in [-0.39, 0.29) is 10.8 Å². The van der Waals surface area contributed by atoms with Crippen molar-refractivity contribution in [2.45, 2.75) is 6.92 Å². The van der Waals surface area contributed by atoms with Gasteiger partial charge in [-0.25, -0.2) is 4.39 Å². The van der Waals surface area contributed by atoms with Gasteiger partial charge in [0.2, 0.25) is 0 Å². The smallest absolute Gasteiger partial charge is 0.132 e. The van der Waals surface area contributed by atoms with Gasteiger partial charge in [0, 0.05) is 0 Å². The van der Waals surface area contributed by atoms with E-state index < -0.39 is 0 Å². The summed E-state index contributed by atoms with van der Waals surface area (Å²) in [4.78, 5) is 0.138. The number of hydrogen-bond acceptors (Lipinski definition) is 2. The van der Waals surface area contributed by atoms with Gasteiger partial charge in [-0.1, -0.05) is 12.2 Å². The van der Waals surface area contributed by atoms with Crippen molar-refractivity contribution in [1.82, 2.24) is 0 Å².